The van der Waals surface area contributed by atoms with Gasteiger partial charge in [0.2, 0.25) is 0 Å². The van der Waals surface area contributed by atoms with Gasteiger partial charge in [0, 0.05) is 0 Å². The lowest BCUT2D eigenvalue weighted by atomic mass is 10.2. The maximum absolute atomic E-state index is 11.5. The second-order valence-electron chi connectivity index (χ2n) is 5.51. The van der Waals surface area contributed by atoms with Gasteiger partial charge in [0.25, 0.3) is 0 Å². The van der Waals surface area contributed by atoms with Crippen molar-refractivity contribution in [3.63, 3.8) is 0 Å². The van der Waals surface area contributed by atoms with E-state index in [4.69, 9.17) is 14.6 Å². The molecular weight excluding hydrogens is 274 g/mol. The Bertz CT molecular complexity index is 467. The largest absolute Gasteiger partial charge is 0.479 e. The number of alkyl carbamates (subject to hydrolysis) is 1. The molecular formula is C15H21NO5. The number of carbonyl (C=O) groups excluding carboxylic acids is 1. The van der Waals surface area contributed by atoms with E-state index in [-0.39, 0.29) is 13.2 Å². The van der Waals surface area contributed by atoms with Crippen LogP contribution in [-0.4, -0.2) is 35.4 Å². The lowest BCUT2D eigenvalue weighted by Crippen LogP contribution is -2.40. The highest BCUT2D eigenvalue weighted by Gasteiger charge is 2.21. The van der Waals surface area contributed by atoms with E-state index in [1.165, 1.54) is 0 Å². The summed E-state index contributed by atoms with van der Waals surface area (Å²) in [5, 5.41) is 11.5. The Morgan fingerprint density at radius 2 is 1.86 bits per heavy atom. The summed E-state index contributed by atoms with van der Waals surface area (Å²) in [5.74, 6) is -1.14. The molecule has 0 spiro atoms. The number of carbonyl (C=O) groups is 2. The zero-order valence-corrected chi connectivity index (χ0v) is 12.5. The van der Waals surface area contributed by atoms with Gasteiger partial charge in [-0.2, -0.15) is 0 Å². The van der Waals surface area contributed by atoms with E-state index in [0.717, 1.165) is 5.56 Å². The minimum atomic E-state index is -1.14. The number of nitrogens with one attached hydrogen (secondary N) is 1. The SMILES string of the molecule is CC(C)(C)OC(=O)NC[C@@H](OCc1ccccc1)C(=O)O. The van der Waals surface area contributed by atoms with Gasteiger partial charge in [0.05, 0.1) is 13.2 Å². The van der Waals surface area contributed by atoms with Crippen molar-refractivity contribution in [3.05, 3.63) is 35.9 Å². The van der Waals surface area contributed by atoms with Crippen LogP contribution in [0.15, 0.2) is 30.3 Å². The van der Waals surface area contributed by atoms with Crippen LogP contribution in [0.5, 0.6) is 0 Å². The number of rotatable bonds is 6. The number of carboxylic acid groups (broad SMARTS) is 1. The molecule has 2 N–H and O–H groups in total. The fourth-order valence-electron chi connectivity index (χ4n) is 1.48. The quantitative estimate of drug-likeness (QED) is 0.840. The molecule has 1 atom stereocenters. The third kappa shape index (κ3) is 7.31. The number of ether oxygens (including phenoxy) is 2. The monoisotopic (exact) mass is 295 g/mol. The van der Waals surface area contributed by atoms with E-state index in [0.29, 0.717) is 0 Å². The maximum atomic E-state index is 11.5. The van der Waals surface area contributed by atoms with E-state index >= 15 is 0 Å². The Morgan fingerprint density at radius 1 is 1.24 bits per heavy atom. The number of amides is 1. The highest BCUT2D eigenvalue weighted by atomic mass is 16.6. The summed E-state index contributed by atoms with van der Waals surface area (Å²) < 4.78 is 10.3. The summed E-state index contributed by atoms with van der Waals surface area (Å²) in [7, 11) is 0. The van der Waals surface area contributed by atoms with Crippen molar-refractivity contribution in [1.29, 1.82) is 0 Å². The Balaban J connectivity index is 2.44. The Labute approximate surface area is 124 Å². The molecule has 0 heterocycles. The molecule has 1 amide bonds. The van der Waals surface area contributed by atoms with E-state index in [2.05, 4.69) is 5.32 Å². The van der Waals surface area contributed by atoms with Crippen LogP contribution in [-0.2, 0) is 20.9 Å². The van der Waals surface area contributed by atoms with Crippen molar-refractivity contribution in [2.24, 2.45) is 0 Å². The molecule has 0 saturated carbocycles. The molecule has 6 nitrogen and oxygen atoms in total. The average molecular weight is 295 g/mol. The van der Waals surface area contributed by atoms with Crippen molar-refractivity contribution in [2.45, 2.75) is 39.1 Å². The predicted octanol–water partition coefficient (Wildman–Crippen LogP) is 2.18. The second-order valence-corrected chi connectivity index (χ2v) is 5.51. The molecule has 0 aliphatic heterocycles. The standard InChI is InChI=1S/C15H21NO5/c1-15(2,3)21-14(19)16-9-12(13(17)18)20-10-11-7-5-4-6-8-11/h4-8,12H,9-10H2,1-3H3,(H,16,19)(H,17,18)/t12-/m1/s1. The van der Waals surface area contributed by atoms with Gasteiger partial charge < -0.3 is 19.9 Å². The normalized spacial score (nSPS) is 12.5. The van der Waals surface area contributed by atoms with Crippen LogP contribution in [0.4, 0.5) is 4.79 Å². The summed E-state index contributed by atoms with van der Waals surface area (Å²) >= 11 is 0. The van der Waals surface area contributed by atoms with E-state index in [1.54, 1.807) is 20.8 Å². The van der Waals surface area contributed by atoms with Crippen molar-refractivity contribution in [2.75, 3.05) is 6.54 Å². The number of aliphatic carboxylic acids is 1. The molecule has 0 radical (unpaired) electrons. The van der Waals surface area contributed by atoms with Crippen LogP contribution in [0.1, 0.15) is 26.3 Å². The first-order valence-electron chi connectivity index (χ1n) is 6.63. The van der Waals surface area contributed by atoms with Gasteiger partial charge in [0.15, 0.2) is 6.10 Å². The van der Waals surface area contributed by atoms with Gasteiger partial charge >= 0.3 is 12.1 Å². The van der Waals surface area contributed by atoms with Gasteiger partial charge in [0.1, 0.15) is 5.60 Å². The van der Waals surface area contributed by atoms with Gasteiger partial charge in [-0.15, -0.1) is 0 Å². The highest BCUT2D eigenvalue weighted by Crippen LogP contribution is 2.07. The van der Waals surface area contributed by atoms with Crippen LogP contribution in [0, 0.1) is 0 Å². The zero-order chi connectivity index (χ0) is 15.9. The fraction of sp³-hybridized carbons (Fsp3) is 0.467. The first kappa shape index (κ1) is 17.0. The minimum Gasteiger partial charge on any atom is -0.479 e. The summed E-state index contributed by atoms with van der Waals surface area (Å²) in [6, 6.07) is 9.21. The predicted molar refractivity (Wildman–Crippen MR) is 76.9 cm³/mol. The van der Waals surface area contributed by atoms with Crippen LogP contribution in [0.3, 0.4) is 0 Å². The zero-order valence-electron chi connectivity index (χ0n) is 12.5. The lowest BCUT2D eigenvalue weighted by Gasteiger charge is -2.21. The average Bonchev–Trinajstić information content (AvgIpc) is 2.37. The van der Waals surface area contributed by atoms with Crippen molar-refractivity contribution >= 4 is 12.1 Å². The van der Waals surface area contributed by atoms with Crippen molar-refractivity contribution in [3.8, 4) is 0 Å². The molecule has 21 heavy (non-hydrogen) atoms. The summed E-state index contributed by atoms with van der Waals surface area (Å²) in [6.07, 6.45) is -1.80. The summed E-state index contributed by atoms with van der Waals surface area (Å²) in [5.41, 5.74) is 0.231. The van der Waals surface area contributed by atoms with Gasteiger partial charge in [-0.05, 0) is 26.3 Å². The van der Waals surface area contributed by atoms with Crippen LogP contribution >= 0.6 is 0 Å². The van der Waals surface area contributed by atoms with Crippen molar-refractivity contribution in [1.82, 2.24) is 5.32 Å². The lowest BCUT2D eigenvalue weighted by molar-refractivity contribution is -0.150. The number of benzene rings is 1. The molecule has 0 aromatic heterocycles. The van der Waals surface area contributed by atoms with Crippen LogP contribution in [0.25, 0.3) is 0 Å². The van der Waals surface area contributed by atoms with Gasteiger partial charge in [-0.1, -0.05) is 30.3 Å². The smallest absolute Gasteiger partial charge is 0.407 e. The number of carboxylic acids is 1. The first-order chi connectivity index (χ1) is 9.78. The van der Waals surface area contributed by atoms with Gasteiger partial charge in [-0.3, -0.25) is 0 Å². The molecule has 1 rings (SSSR count). The van der Waals surface area contributed by atoms with Crippen LogP contribution < -0.4 is 5.32 Å². The van der Waals surface area contributed by atoms with E-state index in [1.807, 2.05) is 30.3 Å². The molecule has 1 aromatic carbocycles. The topological polar surface area (TPSA) is 84.9 Å². The molecule has 116 valence electrons. The van der Waals surface area contributed by atoms with Crippen molar-refractivity contribution < 1.29 is 24.2 Å². The van der Waals surface area contributed by atoms with Gasteiger partial charge in [-0.25, -0.2) is 9.59 Å². The summed E-state index contributed by atoms with van der Waals surface area (Å²) in [6.45, 7) is 5.19. The van der Waals surface area contributed by atoms with E-state index in [9.17, 15) is 9.59 Å². The third-order valence-electron chi connectivity index (χ3n) is 2.40. The molecule has 1 aromatic rings. The Morgan fingerprint density at radius 3 is 2.38 bits per heavy atom. The first-order valence-corrected chi connectivity index (χ1v) is 6.63. The molecule has 6 heteroatoms. The fourth-order valence-corrected chi connectivity index (χ4v) is 1.48. The highest BCUT2D eigenvalue weighted by molar-refractivity contribution is 5.74. The minimum absolute atomic E-state index is 0.156. The molecule has 0 aliphatic rings. The maximum Gasteiger partial charge on any atom is 0.407 e. The Hall–Kier alpha value is -2.08. The molecule has 0 aliphatic carbocycles. The molecule has 0 fully saturated rings. The number of hydrogen-bond acceptors (Lipinski definition) is 4. The molecule has 0 saturated heterocycles. The molecule has 0 unspecified atom stereocenters. The third-order valence-corrected chi connectivity index (χ3v) is 2.40. The van der Waals surface area contributed by atoms with E-state index < -0.39 is 23.8 Å². The molecule has 0 bridgehead atoms. The number of hydrogen-bond donors (Lipinski definition) is 2. The second kappa shape index (κ2) is 7.64. The van der Waals surface area contributed by atoms with Crippen LogP contribution in [0.2, 0.25) is 0 Å². The summed E-state index contributed by atoms with van der Waals surface area (Å²) in [4.78, 5) is 22.6. The Kier molecular flexibility index (Phi) is 6.17.